The number of alkyl halides is 3. The first kappa shape index (κ1) is 16.3. The van der Waals surface area contributed by atoms with Crippen LogP contribution < -0.4 is 5.56 Å². The topological polar surface area (TPSA) is 34.9 Å². The van der Waals surface area contributed by atoms with Crippen LogP contribution in [0.3, 0.4) is 0 Å². The van der Waals surface area contributed by atoms with Crippen LogP contribution in [-0.2, 0) is 19.0 Å². The van der Waals surface area contributed by atoms with Gasteiger partial charge in [0.25, 0.3) is 5.56 Å². The summed E-state index contributed by atoms with van der Waals surface area (Å²) in [4.78, 5) is 18.2. The quantitative estimate of drug-likeness (QED) is 0.585. The molecule has 2 heterocycles. The van der Waals surface area contributed by atoms with Gasteiger partial charge in [-0.3, -0.25) is 9.36 Å². The molecule has 2 aromatic heterocycles. The molecule has 7 heteroatoms. The zero-order valence-corrected chi connectivity index (χ0v) is 14.1. The van der Waals surface area contributed by atoms with Crippen molar-refractivity contribution in [3.8, 4) is 5.69 Å². The summed E-state index contributed by atoms with van der Waals surface area (Å²) in [6.45, 7) is 0. The number of thiophene rings is 1. The Hall–Kier alpha value is -2.15. The molecule has 4 rings (SSSR count). The van der Waals surface area contributed by atoms with Gasteiger partial charge < -0.3 is 0 Å². The Kier molecular flexibility index (Phi) is 3.91. The maximum atomic E-state index is 13.6. The van der Waals surface area contributed by atoms with Gasteiger partial charge in [-0.05, 0) is 43.4 Å². The summed E-state index contributed by atoms with van der Waals surface area (Å²) >= 11 is 1.24. The minimum Gasteiger partial charge on any atom is -0.268 e. The Labute approximate surface area is 145 Å². The first-order chi connectivity index (χ1) is 12.0. The number of halogens is 3. The van der Waals surface area contributed by atoms with Crippen LogP contribution in [0.5, 0.6) is 0 Å². The number of nitrogens with zero attached hydrogens (tertiary/aromatic N) is 2. The highest BCUT2D eigenvalue weighted by Gasteiger charge is 2.38. The van der Waals surface area contributed by atoms with E-state index in [9.17, 15) is 18.0 Å². The Morgan fingerprint density at radius 3 is 2.48 bits per heavy atom. The molecule has 130 valence electrons. The number of benzene rings is 1. The second-order valence-electron chi connectivity index (χ2n) is 6.15. The van der Waals surface area contributed by atoms with Gasteiger partial charge in [0.15, 0.2) is 0 Å². The number of aromatic nitrogens is 2. The Balaban J connectivity index is 2.09. The van der Waals surface area contributed by atoms with E-state index in [-0.39, 0.29) is 10.5 Å². The lowest BCUT2D eigenvalue weighted by atomic mass is 10.1. The van der Waals surface area contributed by atoms with Gasteiger partial charge in [-0.15, -0.1) is 11.3 Å². The molecule has 3 aromatic rings. The van der Waals surface area contributed by atoms with Gasteiger partial charge >= 0.3 is 6.18 Å². The minimum absolute atomic E-state index is 0.183. The molecule has 0 atom stereocenters. The molecule has 3 nitrogen and oxygen atoms in total. The van der Waals surface area contributed by atoms with Crippen LogP contribution in [-0.4, -0.2) is 9.55 Å². The molecule has 1 aliphatic rings. The molecule has 0 radical (unpaired) electrons. The molecule has 25 heavy (non-hydrogen) atoms. The molecule has 0 N–H and O–H groups in total. The first-order valence-corrected chi connectivity index (χ1v) is 8.98. The summed E-state index contributed by atoms with van der Waals surface area (Å²) < 4.78 is 41.4. The fraction of sp³-hybridized carbons (Fsp3) is 0.333. The van der Waals surface area contributed by atoms with Gasteiger partial charge in [0.2, 0.25) is 5.82 Å². The van der Waals surface area contributed by atoms with E-state index >= 15 is 0 Å². The zero-order valence-electron chi connectivity index (χ0n) is 13.3. The molecule has 0 saturated carbocycles. The summed E-state index contributed by atoms with van der Waals surface area (Å²) in [6.07, 6.45) is -0.146. The van der Waals surface area contributed by atoms with Crippen molar-refractivity contribution >= 4 is 21.6 Å². The molecule has 0 unspecified atom stereocenters. The number of aryl methyl sites for hydroxylation is 2. The van der Waals surface area contributed by atoms with Crippen molar-refractivity contribution in [2.75, 3.05) is 0 Å². The predicted octanol–water partition coefficient (Wildman–Crippen LogP) is 4.73. The summed E-state index contributed by atoms with van der Waals surface area (Å²) in [7, 11) is 0. The monoisotopic (exact) mass is 364 g/mol. The Bertz CT molecular complexity index is 989. The van der Waals surface area contributed by atoms with Crippen molar-refractivity contribution < 1.29 is 13.2 Å². The molecule has 0 amide bonds. The molecule has 0 spiro atoms. The lowest BCUT2D eigenvalue weighted by Gasteiger charge is -2.14. The third kappa shape index (κ3) is 2.76. The van der Waals surface area contributed by atoms with Crippen molar-refractivity contribution in [2.45, 2.75) is 38.3 Å². The van der Waals surface area contributed by atoms with E-state index in [1.54, 1.807) is 18.2 Å². The van der Waals surface area contributed by atoms with Gasteiger partial charge in [0, 0.05) is 4.88 Å². The van der Waals surface area contributed by atoms with E-state index in [4.69, 9.17) is 0 Å². The largest absolute Gasteiger partial charge is 0.450 e. The Morgan fingerprint density at radius 1 is 1.04 bits per heavy atom. The third-order valence-corrected chi connectivity index (χ3v) is 5.69. The van der Waals surface area contributed by atoms with Crippen molar-refractivity contribution in [1.82, 2.24) is 9.55 Å². The smallest absolute Gasteiger partial charge is 0.268 e. The molecule has 0 bridgehead atoms. The normalized spacial score (nSPS) is 15.2. The number of para-hydroxylation sites is 1. The first-order valence-electron chi connectivity index (χ1n) is 8.17. The Morgan fingerprint density at radius 2 is 1.76 bits per heavy atom. The predicted molar refractivity (Wildman–Crippen MR) is 91.5 cm³/mol. The van der Waals surface area contributed by atoms with Crippen molar-refractivity contribution in [3.05, 3.63) is 57.0 Å². The van der Waals surface area contributed by atoms with Crippen LogP contribution in [0.2, 0.25) is 0 Å². The van der Waals surface area contributed by atoms with Crippen molar-refractivity contribution in [1.29, 1.82) is 0 Å². The summed E-state index contributed by atoms with van der Waals surface area (Å²) in [5, 5.41) is 0.360. The fourth-order valence-corrected chi connectivity index (χ4v) is 4.64. The van der Waals surface area contributed by atoms with Crippen molar-refractivity contribution in [2.24, 2.45) is 0 Å². The lowest BCUT2D eigenvalue weighted by Crippen LogP contribution is -2.28. The van der Waals surface area contributed by atoms with Crippen LogP contribution in [0.15, 0.2) is 35.1 Å². The third-order valence-electron chi connectivity index (χ3n) is 4.51. The standard InChI is InChI=1S/C18H15F3N2OS/c19-18(20,21)17-22-15-14(12-9-5-2-6-10-13(12)25-15)16(24)23(17)11-7-3-1-4-8-11/h1,3-4,7-8H,2,5-6,9-10H2. The van der Waals surface area contributed by atoms with Gasteiger partial charge in [-0.2, -0.15) is 13.2 Å². The van der Waals surface area contributed by atoms with Crippen LogP contribution >= 0.6 is 11.3 Å². The molecular weight excluding hydrogens is 349 g/mol. The molecule has 0 aliphatic heterocycles. The maximum absolute atomic E-state index is 13.6. The number of fused-ring (bicyclic) bond motifs is 3. The van der Waals surface area contributed by atoms with E-state index in [0.29, 0.717) is 9.95 Å². The average molecular weight is 364 g/mol. The molecule has 1 aliphatic carbocycles. The number of rotatable bonds is 1. The number of hydrogen-bond donors (Lipinski definition) is 0. The van der Waals surface area contributed by atoms with E-state index in [0.717, 1.165) is 42.5 Å². The maximum Gasteiger partial charge on any atom is 0.450 e. The van der Waals surface area contributed by atoms with Crippen LogP contribution in [0.4, 0.5) is 13.2 Å². The summed E-state index contributed by atoms with van der Waals surface area (Å²) in [5.74, 6) is -1.16. The molecule has 0 fully saturated rings. The average Bonchev–Trinajstić information content (AvgIpc) is 2.77. The second-order valence-corrected chi connectivity index (χ2v) is 7.24. The molecular formula is C18H15F3N2OS. The summed E-state index contributed by atoms with van der Waals surface area (Å²) in [6, 6.07) is 7.91. The number of hydrogen-bond acceptors (Lipinski definition) is 3. The highest BCUT2D eigenvalue weighted by atomic mass is 32.1. The highest BCUT2D eigenvalue weighted by Crippen LogP contribution is 2.36. The lowest BCUT2D eigenvalue weighted by molar-refractivity contribution is -0.146. The van der Waals surface area contributed by atoms with E-state index < -0.39 is 17.6 Å². The van der Waals surface area contributed by atoms with Crippen LogP contribution in [0, 0.1) is 0 Å². The van der Waals surface area contributed by atoms with E-state index in [1.165, 1.54) is 23.5 Å². The van der Waals surface area contributed by atoms with Gasteiger partial charge in [-0.25, -0.2) is 4.98 Å². The minimum atomic E-state index is -4.70. The van der Waals surface area contributed by atoms with E-state index in [1.807, 2.05) is 0 Å². The summed E-state index contributed by atoms with van der Waals surface area (Å²) in [5.41, 5.74) is 0.458. The second kappa shape index (κ2) is 5.98. The van der Waals surface area contributed by atoms with Crippen LogP contribution in [0.1, 0.15) is 35.5 Å². The van der Waals surface area contributed by atoms with Gasteiger partial charge in [0.05, 0.1) is 11.1 Å². The highest BCUT2D eigenvalue weighted by molar-refractivity contribution is 7.18. The SMILES string of the molecule is O=c1c2c3c(sc2nc(C(F)(F)F)n1-c1ccccc1)CCCCC3. The van der Waals surface area contributed by atoms with Gasteiger partial charge in [0.1, 0.15) is 4.83 Å². The van der Waals surface area contributed by atoms with Crippen molar-refractivity contribution in [3.63, 3.8) is 0 Å². The molecule has 1 aromatic carbocycles. The van der Waals surface area contributed by atoms with Crippen LogP contribution in [0.25, 0.3) is 15.9 Å². The van der Waals surface area contributed by atoms with E-state index in [2.05, 4.69) is 4.98 Å². The zero-order chi connectivity index (χ0) is 17.6. The fourth-order valence-electron chi connectivity index (χ4n) is 3.39. The van der Waals surface area contributed by atoms with Gasteiger partial charge in [-0.1, -0.05) is 24.6 Å². The molecule has 0 saturated heterocycles.